The number of aromatic nitrogens is 3. The molecule has 1 aromatic carbocycles. The molecule has 0 radical (unpaired) electrons. The molecule has 1 fully saturated rings. The van der Waals surface area contributed by atoms with Crippen molar-refractivity contribution in [3.63, 3.8) is 0 Å². The van der Waals surface area contributed by atoms with Crippen molar-refractivity contribution in [2.75, 3.05) is 18.0 Å². The maximum atomic E-state index is 9.09. The average molecular weight is 343 g/mol. The number of hydrogen-bond acceptors (Lipinski definition) is 4. The minimum absolute atomic E-state index is 0.400. The van der Waals surface area contributed by atoms with Crippen LogP contribution in [0.5, 0.6) is 0 Å². The van der Waals surface area contributed by atoms with Crippen LogP contribution in [-0.4, -0.2) is 28.3 Å². The monoisotopic (exact) mass is 343 g/mol. The highest BCUT2D eigenvalue weighted by molar-refractivity contribution is 5.43. The molecule has 5 heteroatoms. The summed E-state index contributed by atoms with van der Waals surface area (Å²) in [5, 5.41) is 16.7. The van der Waals surface area contributed by atoms with E-state index in [1.54, 1.807) is 6.07 Å². The second-order valence-corrected chi connectivity index (χ2v) is 6.75. The van der Waals surface area contributed by atoms with E-state index in [4.69, 9.17) is 5.26 Å². The van der Waals surface area contributed by atoms with Gasteiger partial charge in [0.05, 0.1) is 6.20 Å². The maximum Gasteiger partial charge on any atom is 0.142 e. The molecule has 0 amide bonds. The normalized spacial score (nSPS) is 17.0. The lowest BCUT2D eigenvalue weighted by Gasteiger charge is -2.33. The van der Waals surface area contributed by atoms with Crippen molar-refractivity contribution in [3.8, 4) is 6.07 Å². The Balaban J connectivity index is 1.53. The van der Waals surface area contributed by atoms with Crippen molar-refractivity contribution in [1.29, 1.82) is 5.26 Å². The lowest BCUT2D eigenvalue weighted by atomic mass is 9.91. The van der Waals surface area contributed by atoms with Crippen molar-refractivity contribution in [1.82, 2.24) is 15.2 Å². The Kier molecular flexibility index (Phi) is 4.65. The van der Waals surface area contributed by atoms with Gasteiger partial charge in [-0.15, -0.1) is 0 Å². The van der Waals surface area contributed by atoms with Crippen molar-refractivity contribution >= 4 is 5.82 Å². The van der Waals surface area contributed by atoms with E-state index in [-0.39, 0.29) is 0 Å². The second kappa shape index (κ2) is 7.40. The predicted molar refractivity (Wildman–Crippen MR) is 101 cm³/mol. The minimum Gasteiger partial charge on any atom is -0.356 e. The molecule has 1 N–H and O–H groups in total. The third-order valence-corrected chi connectivity index (χ3v) is 4.99. The number of nitriles is 1. The fourth-order valence-corrected chi connectivity index (χ4v) is 3.71. The van der Waals surface area contributed by atoms with Crippen LogP contribution in [-0.2, 0) is 6.42 Å². The lowest BCUT2D eigenvalue weighted by molar-refractivity contribution is 0.496. The van der Waals surface area contributed by atoms with Crippen LogP contribution in [0.3, 0.4) is 0 Å². The number of benzene rings is 1. The zero-order valence-electron chi connectivity index (χ0n) is 14.6. The summed E-state index contributed by atoms with van der Waals surface area (Å²) in [6.45, 7) is 1.87. The summed E-state index contributed by atoms with van der Waals surface area (Å²) in [5.74, 6) is 1.29. The molecule has 26 heavy (non-hydrogen) atoms. The summed E-state index contributed by atoms with van der Waals surface area (Å²) in [6.07, 6.45) is 5.09. The smallest absolute Gasteiger partial charge is 0.142 e. The number of hydrogen-bond donors (Lipinski definition) is 1. The topological polar surface area (TPSA) is 68.6 Å². The van der Waals surface area contributed by atoms with Crippen LogP contribution in [0.4, 0.5) is 5.82 Å². The number of H-pyrrole nitrogens is 1. The van der Waals surface area contributed by atoms with Crippen molar-refractivity contribution in [2.45, 2.75) is 25.2 Å². The molecule has 0 bridgehead atoms. The zero-order valence-corrected chi connectivity index (χ0v) is 14.6. The molecule has 5 nitrogen and oxygen atoms in total. The predicted octanol–water partition coefficient (Wildman–Crippen LogP) is 3.65. The van der Waals surface area contributed by atoms with Crippen LogP contribution in [0.2, 0.25) is 0 Å². The van der Waals surface area contributed by atoms with Gasteiger partial charge in [-0.3, -0.25) is 5.10 Å². The van der Waals surface area contributed by atoms with Crippen LogP contribution < -0.4 is 4.90 Å². The Bertz CT molecular complexity index is 909. The summed E-state index contributed by atoms with van der Waals surface area (Å²) in [5.41, 5.74) is 4.26. The van der Waals surface area contributed by atoms with Crippen molar-refractivity contribution < 1.29 is 0 Å². The van der Waals surface area contributed by atoms with Crippen molar-refractivity contribution in [2.24, 2.45) is 0 Å². The standard InChI is InChI=1S/C21H21N5/c22-13-19-9-4-10-20(24-19)26-11-5-8-17(15-26)21-18(14-23-25-21)12-16-6-2-1-3-7-16/h1-4,6-7,9-10,14,17H,5,8,11-12,15H2,(H,23,25)/t17-/m0/s1. The van der Waals surface area contributed by atoms with Crippen LogP contribution in [0, 0.1) is 11.3 Å². The highest BCUT2D eigenvalue weighted by atomic mass is 15.2. The zero-order chi connectivity index (χ0) is 17.8. The Morgan fingerprint density at radius 1 is 1.15 bits per heavy atom. The van der Waals surface area contributed by atoms with Crippen LogP contribution in [0.25, 0.3) is 0 Å². The number of pyridine rings is 1. The fraction of sp³-hybridized carbons (Fsp3) is 0.286. The van der Waals surface area contributed by atoms with Gasteiger partial charge in [0.15, 0.2) is 0 Å². The molecule has 1 aliphatic heterocycles. The minimum atomic E-state index is 0.400. The number of aromatic amines is 1. The van der Waals surface area contributed by atoms with Gasteiger partial charge in [-0.2, -0.15) is 10.4 Å². The molecule has 0 aliphatic carbocycles. The molecule has 0 unspecified atom stereocenters. The number of piperidine rings is 1. The summed E-state index contributed by atoms with van der Waals surface area (Å²) < 4.78 is 0. The van der Waals surface area contributed by atoms with E-state index in [9.17, 15) is 0 Å². The Morgan fingerprint density at radius 3 is 2.88 bits per heavy atom. The maximum absolute atomic E-state index is 9.09. The summed E-state index contributed by atoms with van der Waals surface area (Å²) >= 11 is 0. The van der Waals surface area contributed by atoms with E-state index in [2.05, 4.69) is 50.4 Å². The Labute approximate surface area is 153 Å². The van der Waals surface area contributed by atoms with Crippen LogP contribution in [0.1, 0.15) is 41.3 Å². The molecule has 4 rings (SSSR count). The Hall–Kier alpha value is -3.13. The molecule has 3 aromatic rings. The number of anilines is 1. The van der Waals surface area contributed by atoms with Crippen molar-refractivity contribution in [3.05, 3.63) is 77.2 Å². The van der Waals surface area contributed by atoms with Crippen LogP contribution >= 0.6 is 0 Å². The first-order valence-electron chi connectivity index (χ1n) is 9.01. The average Bonchev–Trinajstić information content (AvgIpc) is 3.17. The van der Waals surface area contributed by atoms with Gasteiger partial charge < -0.3 is 4.90 Å². The molecule has 1 aliphatic rings. The van der Waals surface area contributed by atoms with Gasteiger partial charge in [-0.25, -0.2) is 4.98 Å². The first-order valence-corrected chi connectivity index (χ1v) is 9.01. The molecule has 0 saturated carbocycles. The van der Waals surface area contributed by atoms with Gasteiger partial charge in [0.2, 0.25) is 0 Å². The quantitative estimate of drug-likeness (QED) is 0.785. The third kappa shape index (κ3) is 3.45. The van der Waals surface area contributed by atoms with Gasteiger partial charge in [-0.05, 0) is 36.1 Å². The molecule has 130 valence electrons. The second-order valence-electron chi connectivity index (χ2n) is 6.75. The lowest BCUT2D eigenvalue weighted by Crippen LogP contribution is -2.35. The van der Waals surface area contributed by atoms with Gasteiger partial charge in [-0.1, -0.05) is 36.4 Å². The van der Waals surface area contributed by atoms with Gasteiger partial charge in [0.25, 0.3) is 0 Å². The van der Waals surface area contributed by atoms with E-state index >= 15 is 0 Å². The van der Waals surface area contributed by atoms with E-state index in [1.807, 2.05) is 24.4 Å². The van der Waals surface area contributed by atoms with Gasteiger partial charge >= 0.3 is 0 Å². The molecular weight excluding hydrogens is 322 g/mol. The molecule has 2 aromatic heterocycles. The molecule has 1 atom stereocenters. The first-order chi connectivity index (χ1) is 12.8. The SMILES string of the molecule is N#Cc1cccc(N2CCC[C@H](c3[nH]ncc3Cc3ccccc3)C2)n1. The molecule has 1 saturated heterocycles. The third-order valence-electron chi connectivity index (χ3n) is 4.99. The van der Waals surface area contributed by atoms with E-state index in [1.165, 1.54) is 16.8 Å². The number of nitrogens with zero attached hydrogens (tertiary/aromatic N) is 4. The van der Waals surface area contributed by atoms with E-state index < -0.39 is 0 Å². The van der Waals surface area contributed by atoms with Gasteiger partial charge in [0.1, 0.15) is 17.6 Å². The van der Waals surface area contributed by atoms with Crippen LogP contribution in [0.15, 0.2) is 54.7 Å². The summed E-state index contributed by atoms with van der Waals surface area (Å²) in [4.78, 5) is 6.74. The van der Waals surface area contributed by atoms with Gasteiger partial charge in [0, 0.05) is 31.1 Å². The fourth-order valence-electron chi connectivity index (χ4n) is 3.71. The molecular formula is C21H21N5. The number of nitrogens with one attached hydrogen (secondary N) is 1. The first kappa shape index (κ1) is 16.3. The highest BCUT2D eigenvalue weighted by Gasteiger charge is 2.25. The summed E-state index contributed by atoms with van der Waals surface area (Å²) in [6, 6.07) is 18.3. The van der Waals surface area contributed by atoms with E-state index in [0.717, 1.165) is 38.2 Å². The molecule has 0 spiro atoms. The summed E-state index contributed by atoms with van der Waals surface area (Å²) in [7, 11) is 0. The molecule has 3 heterocycles. The largest absolute Gasteiger partial charge is 0.356 e. The Morgan fingerprint density at radius 2 is 2.04 bits per heavy atom. The number of rotatable bonds is 4. The van der Waals surface area contributed by atoms with E-state index in [0.29, 0.717) is 11.6 Å². The highest BCUT2D eigenvalue weighted by Crippen LogP contribution is 2.30.